The first kappa shape index (κ1) is 18.3. The highest BCUT2D eigenvalue weighted by Gasteiger charge is 2.14. The second-order valence-electron chi connectivity index (χ2n) is 5.15. The molecular weight excluding hydrogens is 393 g/mol. The van der Waals surface area contributed by atoms with Crippen molar-refractivity contribution in [3.63, 3.8) is 0 Å². The third-order valence-electron chi connectivity index (χ3n) is 3.38. The highest BCUT2D eigenvalue weighted by molar-refractivity contribution is 7.98. The first-order chi connectivity index (χ1) is 12.5. The zero-order valence-electron chi connectivity index (χ0n) is 13.4. The van der Waals surface area contributed by atoms with Crippen LogP contribution in [0.1, 0.15) is 5.56 Å². The predicted octanol–water partition coefficient (Wildman–Crippen LogP) is 5.13. The van der Waals surface area contributed by atoms with Crippen LogP contribution >= 0.6 is 35.0 Å². The molecule has 0 aliphatic carbocycles. The van der Waals surface area contributed by atoms with Gasteiger partial charge in [-0.3, -0.25) is 4.79 Å². The monoisotopic (exact) mass is 403 g/mol. The second-order valence-corrected chi connectivity index (χ2v) is 6.81. The topological polar surface area (TPSA) is 78.8 Å². The maximum atomic E-state index is 12.1. The van der Waals surface area contributed by atoms with Gasteiger partial charge >= 0.3 is 0 Å². The summed E-state index contributed by atoms with van der Waals surface area (Å²) in [4.78, 5) is 19.0. The van der Waals surface area contributed by atoms with Gasteiger partial charge in [-0.25, -0.2) is 4.98 Å². The highest BCUT2D eigenvalue weighted by atomic mass is 35.5. The van der Waals surface area contributed by atoms with Crippen LogP contribution in [-0.2, 0) is 0 Å². The van der Waals surface area contributed by atoms with E-state index in [0.29, 0.717) is 38.0 Å². The molecule has 0 unspecified atom stereocenters. The van der Waals surface area contributed by atoms with Crippen molar-refractivity contribution in [2.75, 3.05) is 6.26 Å². The molecule has 1 N–H and O–H groups in total. The minimum absolute atomic E-state index is 0.0502. The maximum absolute atomic E-state index is 12.1. The van der Waals surface area contributed by atoms with Crippen LogP contribution in [0, 0.1) is 11.3 Å². The first-order valence-electron chi connectivity index (χ1n) is 7.33. The third kappa shape index (κ3) is 4.02. The quantitative estimate of drug-likeness (QED) is 0.482. The van der Waals surface area contributed by atoms with Crippen molar-refractivity contribution >= 4 is 35.0 Å². The molecule has 0 bridgehead atoms. The van der Waals surface area contributed by atoms with Crippen LogP contribution in [0.2, 0.25) is 10.0 Å². The van der Waals surface area contributed by atoms with E-state index in [4.69, 9.17) is 27.9 Å². The summed E-state index contributed by atoms with van der Waals surface area (Å²) in [7, 11) is 0. The zero-order valence-corrected chi connectivity index (χ0v) is 15.7. The molecule has 130 valence electrons. The lowest BCUT2D eigenvalue weighted by Gasteiger charge is -2.09. The molecule has 5 nitrogen and oxygen atoms in total. The first-order valence-corrected chi connectivity index (χ1v) is 9.31. The Labute approximate surface area is 163 Å². The number of nitrogens with zero attached hydrogens (tertiary/aromatic N) is 2. The number of aromatic nitrogens is 2. The summed E-state index contributed by atoms with van der Waals surface area (Å²) in [5.74, 6) is 0.973. The molecule has 3 aromatic rings. The Balaban J connectivity index is 2.04. The van der Waals surface area contributed by atoms with Crippen molar-refractivity contribution in [1.29, 1.82) is 5.26 Å². The van der Waals surface area contributed by atoms with Crippen LogP contribution in [0.5, 0.6) is 11.5 Å². The lowest BCUT2D eigenvalue weighted by atomic mass is 10.1. The SMILES string of the molecule is CSc1nc(-c2cccc(Oc3cc(Cl)cc(Cl)c3)c2)c(C#N)c(=O)[nH]1. The third-order valence-corrected chi connectivity index (χ3v) is 4.40. The van der Waals surface area contributed by atoms with E-state index in [1.807, 2.05) is 6.07 Å². The molecule has 0 aliphatic rings. The van der Waals surface area contributed by atoms with Crippen molar-refractivity contribution in [1.82, 2.24) is 9.97 Å². The van der Waals surface area contributed by atoms with Gasteiger partial charge in [-0.15, -0.1) is 0 Å². The van der Waals surface area contributed by atoms with E-state index in [1.54, 1.807) is 48.7 Å². The molecular formula is C18H11Cl2N3O2S. The second kappa shape index (κ2) is 7.83. The molecule has 0 radical (unpaired) electrons. The van der Waals surface area contributed by atoms with Gasteiger partial charge in [0.2, 0.25) is 0 Å². The van der Waals surface area contributed by atoms with E-state index in [-0.39, 0.29) is 5.56 Å². The van der Waals surface area contributed by atoms with Crippen LogP contribution in [0.25, 0.3) is 11.3 Å². The molecule has 1 heterocycles. The van der Waals surface area contributed by atoms with Crippen LogP contribution in [0.3, 0.4) is 0 Å². The number of hydrogen-bond donors (Lipinski definition) is 1. The fraction of sp³-hybridized carbons (Fsp3) is 0.0556. The number of nitriles is 1. The van der Waals surface area contributed by atoms with Gasteiger partial charge in [-0.1, -0.05) is 47.1 Å². The molecule has 0 spiro atoms. The molecule has 0 aliphatic heterocycles. The fourth-order valence-corrected chi connectivity index (χ4v) is 3.18. The Morgan fingerprint density at radius 2 is 1.88 bits per heavy atom. The van der Waals surface area contributed by atoms with Crippen LogP contribution in [0.15, 0.2) is 52.4 Å². The van der Waals surface area contributed by atoms with Crippen LogP contribution in [0.4, 0.5) is 0 Å². The summed E-state index contributed by atoms with van der Waals surface area (Å²) in [5.41, 5.74) is 0.365. The summed E-state index contributed by atoms with van der Waals surface area (Å²) in [5, 5.41) is 10.6. The smallest absolute Gasteiger partial charge is 0.270 e. The normalized spacial score (nSPS) is 10.4. The molecule has 26 heavy (non-hydrogen) atoms. The van der Waals surface area contributed by atoms with E-state index >= 15 is 0 Å². The standard InChI is InChI=1S/C18H11Cl2N3O2S/c1-26-18-22-16(15(9-21)17(24)23-18)10-3-2-4-13(5-10)25-14-7-11(19)6-12(20)8-14/h2-8H,1H3,(H,22,23,24). The lowest BCUT2D eigenvalue weighted by Crippen LogP contribution is -2.14. The Kier molecular flexibility index (Phi) is 5.52. The number of rotatable bonds is 4. The van der Waals surface area contributed by atoms with Gasteiger partial charge in [0.05, 0.1) is 5.69 Å². The fourth-order valence-electron chi connectivity index (χ4n) is 2.29. The van der Waals surface area contributed by atoms with Gasteiger partial charge in [0.25, 0.3) is 5.56 Å². The van der Waals surface area contributed by atoms with Gasteiger partial charge in [0, 0.05) is 15.6 Å². The molecule has 8 heteroatoms. The average molecular weight is 404 g/mol. The maximum Gasteiger partial charge on any atom is 0.270 e. The number of thioether (sulfide) groups is 1. The Morgan fingerprint density at radius 3 is 2.54 bits per heavy atom. The number of hydrogen-bond acceptors (Lipinski definition) is 5. The van der Waals surface area contributed by atoms with Crippen molar-refractivity contribution in [2.24, 2.45) is 0 Å². The lowest BCUT2D eigenvalue weighted by molar-refractivity contribution is 0.483. The van der Waals surface area contributed by atoms with E-state index < -0.39 is 5.56 Å². The Bertz CT molecular complexity index is 1060. The molecule has 2 aromatic carbocycles. The van der Waals surface area contributed by atoms with Crippen molar-refractivity contribution < 1.29 is 4.74 Å². The van der Waals surface area contributed by atoms with E-state index in [9.17, 15) is 10.1 Å². The number of benzene rings is 2. The summed E-state index contributed by atoms with van der Waals surface area (Å²) < 4.78 is 5.79. The summed E-state index contributed by atoms with van der Waals surface area (Å²) >= 11 is 13.3. The largest absolute Gasteiger partial charge is 0.457 e. The average Bonchev–Trinajstić information content (AvgIpc) is 2.60. The molecule has 0 fully saturated rings. The van der Waals surface area contributed by atoms with Crippen molar-refractivity contribution in [2.45, 2.75) is 5.16 Å². The molecule has 0 saturated carbocycles. The minimum Gasteiger partial charge on any atom is -0.457 e. The van der Waals surface area contributed by atoms with E-state index in [0.717, 1.165) is 0 Å². The van der Waals surface area contributed by atoms with Crippen molar-refractivity contribution in [3.8, 4) is 28.8 Å². The van der Waals surface area contributed by atoms with E-state index in [1.165, 1.54) is 11.8 Å². The number of aromatic amines is 1. The highest BCUT2D eigenvalue weighted by Crippen LogP contribution is 2.31. The van der Waals surface area contributed by atoms with Crippen LogP contribution < -0.4 is 10.3 Å². The molecule has 1 aromatic heterocycles. The van der Waals surface area contributed by atoms with Crippen LogP contribution in [-0.4, -0.2) is 16.2 Å². The number of ether oxygens (including phenoxy) is 1. The molecule has 0 saturated heterocycles. The Morgan fingerprint density at radius 1 is 1.15 bits per heavy atom. The summed E-state index contributed by atoms with van der Waals surface area (Å²) in [6.45, 7) is 0. The molecule has 3 rings (SSSR count). The number of H-pyrrole nitrogens is 1. The Hall–Kier alpha value is -2.46. The van der Waals surface area contributed by atoms with Crippen molar-refractivity contribution in [3.05, 3.63) is 68.4 Å². The van der Waals surface area contributed by atoms with Gasteiger partial charge in [0.1, 0.15) is 23.1 Å². The number of halogens is 2. The number of nitrogens with one attached hydrogen (secondary N) is 1. The predicted molar refractivity (Wildman–Crippen MR) is 103 cm³/mol. The zero-order chi connectivity index (χ0) is 18.7. The van der Waals surface area contributed by atoms with Gasteiger partial charge < -0.3 is 9.72 Å². The van der Waals surface area contributed by atoms with Gasteiger partial charge in [-0.05, 0) is 36.6 Å². The van der Waals surface area contributed by atoms with Gasteiger partial charge in [-0.2, -0.15) is 5.26 Å². The molecule has 0 amide bonds. The minimum atomic E-state index is -0.477. The molecule has 0 atom stereocenters. The summed E-state index contributed by atoms with van der Waals surface area (Å²) in [6.07, 6.45) is 1.79. The van der Waals surface area contributed by atoms with Gasteiger partial charge in [0.15, 0.2) is 5.16 Å². The van der Waals surface area contributed by atoms with E-state index in [2.05, 4.69) is 9.97 Å². The summed E-state index contributed by atoms with van der Waals surface area (Å²) in [6, 6.07) is 13.7.